The van der Waals surface area contributed by atoms with Gasteiger partial charge in [-0.2, -0.15) is 8.42 Å². The third kappa shape index (κ3) is 5.26. The lowest BCUT2D eigenvalue weighted by molar-refractivity contribution is -0.122. The van der Waals surface area contributed by atoms with Crippen LogP contribution in [0.3, 0.4) is 0 Å². The summed E-state index contributed by atoms with van der Waals surface area (Å²) in [5, 5.41) is 0. The number of rotatable bonds is 3. The summed E-state index contributed by atoms with van der Waals surface area (Å²) >= 11 is 0. The molecule has 0 aliphatic carbocycles. The summed E-state index contributed by atoms with van der Waals surface area (Å²) in [5.41, 5.74) is 1.63. The van der Waals surface area contributed by atoms with Crippen molar-refractivity contribution in [2.45, 2.75) is 0 Å². The van der Waals surface area contributed by atoms with Crippen LogP contribution in [0.15, 0.2) is 12.7 Å². The maximum Gasteiger partial charge on any atom is 0.285 e. The molecule has 0 aliphatic rings. The zero-order valence-electron chi connectivity index (χ0n) is 5.33. The molecule has 0 aliphatic heterocycles. The monoisotopic (exact) mass is 165 g/mol. The molecule has 0 aromatic heterocycles. The van der Waals surface area contributed by atoms with Crippen LogP contribution >= 0.6 is 0 Å². The highest BCUT2D eigenvalue weighted by Crippen LogP contribution is 1.80. The molecular formula is C4H7NO4S. The van der Waals surface area contributed by atoms with E-state index in [1.165, 1.54) is 0 Å². The Hall–Kier alpha value is -0.880. The highest BCUT2D eigenvalue weighted by Gasteiger charge is 2.02. The molecule has 0 spiro atoms. The molecule has 58 valence electrons. The second kappa shape index (κ2) is 3.33. The van der Waals surface area contributed by atoms with E-state index in [1.54, 1.807) is 5.48 Å². The van der Waals surface area contributed by atoms with Crippen LogP contribution in [0.1, 0.15) is 0 Å². The Labute approximate surface area is 58.8 Å². The fourth-order valence-corrected chi connectivity index (χ4v) is 0.392. The Morgan fingerprint density at radius 1 is 1.70 bits per heavy atom. The normalized spacial score (nSPS) is 10.5. The molecule has 0 bridgehead atoms. The van der Waals surface area contributed by atoms with Crippen LogP contribution in [0.25, 0.3) is 0 Å². The van der Waals surface area contributed by atoms with Gasteiger partial charge in [0.25, 0.3) is 16.0 Å². The van der Waals surface area contributed by atoms with E-state index in [1.807, 2.05) is 0 Å². The summed E-state index contributed by atoms with van der Waals surface area (Å²) in [6, 6.07) is 0. The van der Waals surface area contributed by atoms with Gasteiger partial charge < -0.3 is 0 Å². The fraction of sp³-hybridized carbons (Fsp3) is 0.250. The standard InChI is InChI=1S/C4H7NO4S/c1-3-4(6)5-9-10(2,7)8/h3H,1H2,2H3,(H,5,6). The summed E-state index contributed by atoms with van der Waals surface area (Å²) in [6.45, 7) is 3.07. The third-order valence-electron chi connectivity index (χ3n) is 0.479. The van der Waals surface area contributed by atoms with Gasteiger partial charge in [0, 0.05) is 0 Å². The molecule has 0 saturated heterocycles. The number of amides is 1. The van der Waals surface area contributed by atoms with Crippen LogP contribution in [-0.2, 0) is 19.2 Å². The van der Waals surface area contributed by atoms with Crippen molar-refractivity contribution in [1.82, 2.24) is 5.48 Å². The first-order valence-corrected chi connectivity index (χ1v) is 4.08. The molecular weight excluding hydrogens is 158 g/mol. The predicted molar refractivity (Wildman–Crippen MR) is 34.3 cm³/mol. The van der Waals surface area contributed by atoms with Crippen molar-refractivity contribution < 1.29 is 17.5 Å². The van der Waals surface area contributed by atoms with E-state index in [-0.39, 0.29) is 0 Å². The van der Waals surface area contributed by atoms with Crippen molar-refractivity contribution in [3.63, 3.8) is 0 Å². The van der Waals surface area contributed by atoms with Gasteiger partial charge in [-0.15, -0.1) is 4.28 Å². The molecule has 1 N–H and O–H groups in total. The van der Waals surface area contributed by atoms with Crippen LogP contribution in [0, 0.1) is 0 Å². The van der Waals surface area contributed by atoms with Gasteiger partial charge >= 0.3 is 0 Å². The lowest BCUT2D eigenvalue weighted by Gasteiger charge is -1.97. The van der Waals surface area contributed by atoms with Gasteiger partial charge in [0.2, 0.25) is 0 Å². The quantitative estimate of drug-likeness (QED) is 0.438. The maximum atomic E-state index is 10.2. The average Bonchev–Trinajstić information content (AvgIpc) is 1.81. The molecule has 5 nitrogen and oxygen atoms in total. The van der Waals surface area contributed by atoms with Crippen molar-refractivity contribution in [1.29, 1.82) is 0 Å². The molecule has 6 heteroatoms. The van der Waals surface area contributed by atoms with Crippen LogP contribution in [0.5, 0.6) is 0 Å². The van der Waals surface area contributed by atoms with E-state index >= 15 is 0 Å². The molecule has 0 aromatic carbocycles. The third-order valence-corrected chi connectivity index (χ3v) is 0.865. The molecule has 0 rings (SSSR count). The molecule has 10 heavy (non-hydrogen) atoms. The Balaban J connectivity index is 3.78. The average molecular weight is 165 g/mol. The van der Waals surface area contributed by atoms with Gasteiger partial charge in [0.15, 0.2) is 0 Å². The van der Waals surface area contributed by atoms with E-state index in [0.29, 0.717) is 0 Å². The lowest BCUT2D eigenvalue weighted by atomic mass is 10.6. The second-order valence-electron chi connectivity index (χ2n) is 1.46. The van der Waals surface area contributed by atoms with Crippen molar-refractivity contribution in [3.05, 3.63) is 12.7 Å². The number of carbonyl (C=O) groups is 1. The van der Waals surface area contributed by atoms with E-state index in [9.17, 15) is 13.2 Å². The lowest BCUT2D eigenvalue weighted by Crippen LogP contribution is -2.24. The van der Waals surface area contributed by atoms with Crippen molar-refractivity contribution in [2.24, 2.45) is 0 Å². The van der Waals surface area contributed by atoms with Crippen LogP contribution < -0.4 is 5.48 Å². The Morgan fingerprint density at radius 3 is 2.50 bits per heavy atom. The van der Waals surface area contributed by atoms with Gasteiger partial charge in [-0.1, -0.05) is 6.58 Å². The molecule has 0 unspecified atom stereocenters. The minimum Gasteiger partial charge on any atom is -0.268 e. The summed E-state index contributed by atoms with van der Waals surface area (Å²) in [7, 11) is -3.61. The second-order valence-corrected chi connectivity index (χ2v) is 3.03. The van der Waals surface area contributed by atoms with Gasteiger partial charge in [0.05, 0.1) is 6.26 Å². The predicted octanol–water partition coefficient (Wildman–Crippen LogP) is -0.820. The van der Waals surface area contributed by atoms with Crippen molar-refractivity contribution in [2.75, 3.05) is 6.26 Å². The number of carbonyl (C=O) groups excluding carboxylic acids is 1. The summed E-state index contributed by atoms with van der Waals surface area (Å²) in [4.78, 5) is 10.2. The minimum atomic E-state index is -3.61. The molecule has 0 heterocycles. The fourth-order valence-electron chi connectivity index (χ4n) is 0.158. The largest absolute Gasteiger partial charge is 0.285 e. The number of hydrogen-bond acceptors (Lipinski definition) is 4. The zero-order chi connectivity index (χ0) is 8.20. The maximum absolute atomic E-state index is 10.2. The van der Waals surface area contributed by atoms with E-state index < -0.39 is 16.0 Å². The Bertz CT molecular complexity index is 230. The van der Waals surface area contributed by atoms with E-state index in [4.69, 9.17) is 0 Å². The van der Waals surface area contributed by atoms with Crippen LogP contribution in [-0.4, -0.2) is 20.6 Å². The van der Waals surface area contributed by atoms with Gasteiger partial charge in [0.1, 0.15) is 0 Å². The molecule has 0 atom stereocenters. The first-order chi connectivity index (χ1) is 4.45. The highest BCUT2D eigenvalue weighted by atomic mass is 32.2. The number of nitrogens with one attached hydrogen (secondary N) is 1. The van der Waals surface area contributed by atoms with Crippen molar-refractivity contribution >= 4 is 16.0 Å². The van der Waals surface area contributed by atoms with E-state index in [0.717, 1.165) is 12.3 Å². The van der Waals surface area contributed by atoms with Gasteiger partial charge in [-0.25, -0.2) is 5.48 Å². The van der Waals surface area contributed by atoms with Crippen LogP contribution in [0.4, 0.5) is 0 Å². The van der Waals surface area contributed by atoms with Gasteiger partial charge in [-0.05, 0) is 6.08 Å². The molecule has 0 saturated carbocycles. The first kappa shape index (κ1) is 9.12. The van der Waals surface area contributed by atoms with Crippen LogP contribution in [0.2, 0.25) is 0 Å². The SMILES string of the molecule is C=CC(=O)NOS(C)(=O)=O. The van der Waals surface area contributed by atoms with Crippen molar-refractivity contribution in [3.8, 4) is 0 Å². The Kier molecular flexibility index (Phi) is 3.04. The number of hydrogen-bond donors (Lipinski definition) is 1. The molecule has 1 amide bonds. The molecule has 0 fully saturated rings. The van der Waals surface area contributed by atoms with E-state index in [2.05, 4.69) is 10.9 Å². The first-order valence-electron chi connectivity index (χ1n) is 2.26. The highest BCUT2D eigenvalue weighted by molar-refractivity contribution is 7.85. The number of hydroxylamine groups is 1. The summed E-state index contributed by atoms with van der Waals surface area (Å²) < 4.78 is 24.2. The zero-order valence-corrected chi connectivity index (χ0v) is 6.14. The minimum absolute atomic E-state index is 0.703. The Morgan fingerprint density at radius 2 is 2.20 bits per heavy atom. The molecule has 0 radical (unpaired) electrons. The van der Waals surface area contributed by atoms with Gasteiger partial charge in [-0.3, -0.25) is 4.79 Å². The molecule has 0 aromatic rings. The topological polar surface area (TPSA) is 72.5 Å². The summed E-state index contributed by atoms with van der Waals surface area (Å²) in [6.07, 6.45) is 1.71. The summed E-state index contributed by atoms with van der Waals surface area (Å²) in [5.74, 6) is -0.703. The smallest absolute Gasteiger partial charge is 0.268 e.